The summed E-state index contributed by atoms with van der Waals surface area (Å²) in [6, 6.07) is 5.90. The molecule has 1 aromatic heterocycles. The summed E-state index contributed by atoms with van der Waals surface area (Å²) < 4.78 is 0. The Labute approximate surface area is 86.0 Å². The van der Waals surface area contributed by atoms with Gasteiger partial charge in [0.05, 0.1) is 5.60 Å². The third-order valence-electron chi connectivity index (χ3n) is 2.89. The minimum Gasteiger partial charge on any atom is -0.390 e. The van der Waals surface area contributed by atoms with Crippen LogP contribution in [0.5, 0.6) is 0 Å². The Balaban J connectivity index is 2.48. The zero-order valence-electron chi connectivity index (χ0n) is 9.03. The molecule has 1 aromatic rings. The summed E-state index contributed by atoms with van der Waals surface area (Å²) >= 11 is 0. The van der Waals surface area contributed by atoms with Gasteiger partial charge in [-0.25, -0.2) is 0 Å². The van der Waals surface area contributed by atoms with Crippen LogP contribution in [0.4, 0.5) is 0 Å². The smallest absolute Gasteiger partial charge is 0.0646 e. The largest absolute Gasteiger partial charge is 0.390 e. The zero-order chi connectivity index (χ0) is 10.4. The van der Waals surface area contributed by atoms with E-state index in [1.54, 1.807) is 6.20 Å². The Kier molecular flexibility index (Phi) is 4.08. The van der Waals surface area contributed by atoms with Gasteiger partial charge >= 0.3 is 0 Å². The number of hydrogen-bond acceptors (Lipinski definition) is 2. The number of pyridine rings is 1. The molecule has 0 aromatic carbocycles. The van der Waals surface area contributed by atoms with E-state index in [1.165, 1.54) is 0 Å². The summed E-state index contributed by atoms with van der Waals surface area (Å²) in [7, 11) is 0. The number of nitrogens with zero attached hydrogens (tertiary/aromatic N) is 1. The van der Waals surface area contributed by atoms with E-state index < -0.39 is 5.60 Å². The lowest BCUT2D eigenvalue weighted by atomic mass is 9.91. The molecule has 0 amide bonds. The van der Waals surface area contributed by atoms with E-state index in [2.05, 4.69) is 4.98 Å². The molecule has 0 spiro atoms. The highest BCUT2D eigenvalue weighted by molar-refractivity contribution is 5.04. The molecular weight excluding hydrogens is 174 g/mol. The first-order valence-electron chi connectivity index (χ1n) is 5.32. The van der Waals surface area contributed by atoms with Crippen LogP contribution < -0.4 is 0 Å². The van der Waals surface area contributed by atoms with Crippen molar-refractivity contribution >= 4 is 0 Å². The lowest BCUT2D eigenvalue weighted by Crippen LogP contribution is -2.27. The monoisotopic (exact) mass is 193 g/mol. The first kappa shape index (κ1) is 11.2. The van der Waals surface area contributed by atoms with Crippen molar-refractivity contribution in [2.75, 3.05) is 0 Å². The van der Waals surface area contributed by atoms with Gasteiger partial charge in [-0.05, 0) is 37.8 Å². The maximum atomic E-state index is 10.1. The Morgan fingerprint density at radius 3 is 2.50 bits per heavy atom. The highest BCUT2D eigenvalue weighted by Crippen LogP contribution is 2.20. The molecule has 0 saturated heterocycles. The van der Waals surface area contributed by atoms with Crippen molar-refractivity contribution < 1.29 is 5.11 Å². The molecule has 0 fully saturated rings. The first-order chi connectivity index (χ1) is 6.70. The molecule has 0 bridgehead atoms. The van der Waals surface area contributed by atoms with Crippen LogP contribution >= 0.6 is 0 Å². The van der Waals surface area contributed by atoms with Gasteiger partial charge in [-0.1, -0.05) is 19.9 Å². The van der Waals surface area contributed by atoms with Crippen molar-refractivity contribution in [3.8, 4) is 0 Å². The third kappa shape index (κ3) is 3.11. The SMILES string of the molecule is CCC(O)(CC)CCc1ccccn1. The Morgan fingerprint density at radius 2 is 2.00 bits per heavy atom. The molecule has 0 radical (unpaired) electrons. The Hall–Kier alpha value is -0.890. The van der Waals surface area contributed by atoms with E-state index in [0.717, 1.165) is 31.4 Å². The second-order valence-corrected chi connectivity index (χ2v) is 3.75. The maximum absolute atomic E-state index is 10.1. The Bertz CT molecular complexity index is 254. The number of aromatic nitrogens is 1. The minimum atomic E-state index is -0.502. The molecule has 0 saturated carbocycles. The van der Waals surface area contributed by atoms with Gasteiger partial charge in [0.15, 0.2) is 0 Å². The van der Waals surface area contributed by atoms with Crippen molar-refractivity contribution in [2.24, 2.45) is 0 Å². The molecule has 14 heavy (non-hydrogen) atoms. The van der Waals surface area contributed by atoms with Gasteiger partial charge in [-0.3, -0.25) is 4.98 Å². The van der Waals surface area contributed by atoms with Crippen LogP contribution in [0.3, 0.4) is 0 Å². The Morgan fingerprint density at radius 1 is 1.29 bits per heavy atom. The van der Waals surface area contributed by atoms with Gasteiger partial charge in [0.1, 0.15) is 0 Å². The van der Waals surface area contributed by atoms with Crippen LogP contribution in [-0.4, -0.2) is 15.7 Å². The fraction of sp³-hybridized carbons (Fsp3) is 0.583. The summed E-state index contributed by atoms with van der Waals surface area (Å²) in [5, 5.41) is 10.1. The van der Waals surface area contributed by atoms with Gasteiger partial charge in [-0.15, -0.1) is 0 Å². The molecule has 78 valence electrons. The zero-order valence-corrected chi connectivity index (χ0v) is 9.03. The summed E-state index contributed by atoms with van der Waals surface area (Å²) in [5.41, 5.74) is 0.560. The quantitative estimate of drug-likeness (QED) is 0.779. The predicted molar refractivity (Wildman–Crippen MR) is 58.1 cm³/mol. The van der Waals surface area contributed by atoms with E-state index in [-0.39, 0.29) is 0 Å². The lowest BCUT2D eigenvalue weighted by molar-refractivity contribution is 0.0237. The van der Waals surface area contributed by atoms with Gasteiger partial charge in [0.2, 0.25) is 0 Å². The van der Waals surface area contributed by atoms with Gasteiger partial charge < -0.3 is 5.11 Å². The average molecular weight is 193 g/mol. The maximum Gasteiger partial charge on any atom is 0.0646 e. The second kappa shape index (κ2) is 5.11. The van der Waals surface area contributed by atoms with Crippen LogP contribution in [0.2, 0.25) is 0 Å². The molecule has 0 unspecified atom stereocenters. The van der Waals surface area contributed by atoms with Crippen LogP contribution in [-0.2, 0) is 6.42 Å². The highest BCUT2D eigenvalue weighted by atomic mass is 16.3. The van der Waals surface area contributed by atoms with Gasteiger partial charge in [0.25, 0.3) is 0 Å². The van der Waals surface area contributed by atoms with Crippen LogP contribution in [0.25, 0.3) is 0 Å². The molecule has 0 aliphatic rings. The van der Waals surface area contributed by atoms with Crippen molar-refractivity contribution in [1.82, 2.24) is 4.98 Å². The van der Waals surface area contributed by atoms with E-state index in [4.69, 9.17) is 0 Å². The molecule has 2 nitrogen and oxygen atoms in total. The molecule has 0 aliphatic heterocycles. The van der Waals surface area contributed by atoms with Crippen molar-refractivity contribution in [3.05, 3.63) is 30.1 Å². The first-order valence-corrected chi connectivity index (χ1v) is 5.32. The fourth-order valence-electron chi connectivity index (χ4n) is 1.51. The average Bonchev–Trinajstić information content (AvgIpc) is 2.27. The molecule has 1 heterocycles. The number of aryl methyl sites for hydroxylation is 1. The van der Waals surface area contributed by atoms with Crippen molar-refractivity contribution in [3.63, 3.8) is 0 Å². The van der Waals surface area contributed by atoms with Crippen LogP contribution in [0.1, 0.15) is 38.8 Å². The topological polar surface area (TPSA) is 33.1 Å². The summed E-state index contributed by atoms with van der Waals surface area (Å²) in [5.74, 6) is 0. The molecule has 0 aliphatic carbocycles. The summed E-state index contributed by atoms with van der Waals surface area (Å²) in [4.78, 5) is 4.24. The lowest BCUT2D eigenvalue weighted by Gasteiger charge is -2.24. The third-order valence-corrected chi connectivity index (χ3v) is 2.89. The fourth-order valence-corrected chi connectivity index (χ4v) is 1.51. The molecule has 2 heteroatoms. The standard InChI is InChI=1S/C12H19NO/c1-3-12(14,4-2)9-8-11-7-5-6-10-13-11/h5-7,10,14H,3-4,8-9H2,1-2H3. The predicted octanol–water partition coefficient (Wildman–Crippen LogP) is 2.57. The van der Waals surface area contributed by atoms with Gasteiger partial charge in [0, 0.05) is 11.9 Å². The van der Waals surface area contributed by atoms with E-state index in [0.29, 0.717) is 0 Å². The normalized spacial score (nSPS) is 11.6. The minimum absolute atomic E-state index is 0.502. The summed E-state index contributed by atoms with van der Waals surface area (Å²) in [6.07, 6.45) is 5.09. The van der Waals surface area contributed by atoms with Crippen LogP contribution in [0.15, 0.2) is 24.4 Å². The number of rotatable bonds is 5. The molecule has 1 rings (SSSR count). The number of hydrogen-bond donors (Lipinski definition) is 1. The molecule has 0 atom stereocenters. The van der Waals surface area contributed by atoms with E-state index in [9.17, 15) is 5.11 Å². The van der Waals surface area contributed by atoms with Crippen molar-refractivity contribution in [2.45, 2.75) is 45.1 Å². The highest BCUT2D eigenvalue weighted by Gasteiger charge is 2.21. The summed E-state index contributed by atoms with van der Waals surface area (Å²) in [6.45, 7) is 4.06. The second-order valence-electron chi connectivity index (χ2n) is 3.75. The number of aliphatic hydroxyl groups is 1. The molecule has 1 N–H and O–H groups in total. The molecular formula is C12H19NO. The van der Waals surface area contributed by atoms with E-state index in [1.807, 2.05) is 32.0 Å². The van der Waals surface area contributed by atoms with Gasteiger partial charge in [-0.2, -0.15) is 0 Å². The van der Waals surface area contributed by atoms with E-state index >= 15 is 0 Å². The van der Waals surface area contributed by atoms with Crippen molar-refractivity contribution in [1.29, 1.82) is 0 Å². The van der Waals surface area contributed by atoms with Crippen LogP contribution in [0, 0.1) is 0 Å².